The molecular weight excluding hydrogens is 408 g/mol. The number of ether oxygens (including phenoxy) is 2. The zero-order valence-corrected chi connectivity index (χ0v) is 16.7. The van der Waals surface area contributed by atoms with Crippen molar-refractivity contribution in [2.45, 2.75) is 37.8 Å². The lowest BCUT2D eigenvalue weighted by Gasteiger charge is -2.27. The van der Waals surface area contributed by atoms with Gasteiger partial charge in [-0.25, -0.2) is 19.6 Å². The molecule has 0 saturated heterocycles. The van der Waals surface area contributed by atoms with Crippen LogP contribution in [-0.4, -0.2) is 39.3 Å². The van der Waals surface area contributed by atoms with Crippen LogP contribution >= 0.6 is 11.3 Å². The van der Waals surface area contributed by atoms with E-state index in [4.69, 9.17) is 10.5 Å². The molecule has 10 heteroatoms. The summed E-state index contributed by atoms with van der Waals surface area (Å²) in [6.45, 7) is 0. The van der Waals surface area contributed by atoms with Crippen LogP contribution in [-0.2, 0) is 4.74 Å². The van der Waals surface area contributed by atoms with Gasteiger partial charge in [0.15, 0.2) is 10.8 Å². The molecule has 4 rings (SSSR count). The number of primary amides is 1. The van der Waals surface area contributed by atoms with E-state index in [-0.39, 0.29) is 17.8 Å². The lowest BCUT2D eigenvalue weighted by molar-refractivity contribution is 0.0631. The molecule has 2 aromatic heterocycles. The summed E-state index contributed by atoms with van der Waals surface area (Å²) >= 11 is 1.48. The maximum absolute atomic E-state index is 11.8. The second kappa shape index (κ2) is 8.64. The van der Waals surface area contributed by atoms with E-state index in [2.05, 4.69) is 20.0 Å². The average molecular weight is 428 g/mol. The van der Waals surface area contributed by atoms with E-state index >= 15 is 0 Å². The summed E-state index contributed by atoms with van der Waals surface area (Å²) < 4.78 is 11.1. The van der Waals surface area contributed by atoms with Crippen molar-refractivity contribution in [2.24, 2.45) is 5.73 Å². The number of aliphatic hydroxyl groups excluding tert-OH is 1. The molecule has 3 aromatic rings. The summed E-state index contributed by atoms with van der Waals surface area (Å²) in [5.74, 6) is -0.0451. The first-order chi connectivity index (χ1) is 14.5. The van der Waals surface area contributed by atoms with Crippen molar-refractivity contribution >= 4 is 38.7 Å². The minimum Gasteiger partial charge on any atom is -0.457 e. The number of fused-ring (bicyclic) bond motifs is 1. The number of nitrogens with two attached hydrogens (primary N) is 1. The Hall–Kier alpha value is -3.24. The number of benzene rings is 1. The molecule has 1 saturated carbocycles. The predicted octanol–water partition coefficient (Wildman–Crippen LogP) is 3.43. The standard InChI is InChI=1S/C20H20N4O5S/c21-19(27)29-18(26)15-9-12(7-8-22-15)28-11-5-6-14-17(10-11)30-20(24-14)23-13-3-1-2-4-16(13)25/h5-10,13,16,25H,1-4H2,(H2,21,27)(H,23,24). The molecule has 4 N–H and O–H groups in total. The largest absolute Gasteiger partial charge is 0.457 e. The third-order valence-corrected chi connectivity index (χ3v) is 5.72. The maximum Gasteiger partial charge on any atom is 0.412 e. The summed E-state index contributed by atoms with van der Waals surface area (Å²) in [6.07, 6.45) is 3.70. The monoisotopic (exact) mass is 428 g/mol. The molecule has 0 aliphatic heterocycles. The van der Waals surface area contributed by atoms with Crippen molar-refractivity contribution in [3.63, 3.8) is 0 Å². The molecule has 1 aliphatic rings. The van der Waals surface area contributed by atoms with Crippen LogP contribution in [0.1, 0.15) is 36.2 Å². The van der Waals surface area contributed by atoms with Gasteiger partial charge in [0.2, 0.25) is 0 Å². The molecular formula is C20H20N4O5S. The highest BCUT2D eigenvalue weighted by Crippen LogP contribution is 2.33. The van der Waals surface area contributed by atoms with Crippen molar-refractivity contribution < 1.29 is 24.2 Å². The molecule has 0 radical (unpaired) electrons. The Morgan fingerprint density at radius 3 is 2.77 bits per heavy atom. The number of carbonyl (C=O) groups is 2. The van der Waals surface area contributed by atoms with Crippen molar-refractivity contribution in [1.29, 1.82) is 0 Å². The summed E-state index contributed by atoms with van der Waals surface area (Å²) in [6, 6.07) is 8.41. The SMILES string of the molecule is NC(=O)OC(=O)c1cc(Oc2ccc3nc(NC4CCCCC4O)sc3c2)ccn1. The highest BCUT2D eigenvalue weighted by molar-refractivity contribution is 7.22. The number of aromatic nitrogens is 2. The van der Waals surface area contributed by atoms with Gasteiger partial charge in [-0.2, -0.15) is 0 Å². The predicted molar refractivity (Wildman–Crippen MR) is 111 cm³/mol. The summed E-state index contributed by atoms with van der Waals surface area (Å²) in [5.41, 5.74) is 5.57. The van der Waals surface area contributed by atoms with Crippen molar-refractivity contribution in [3.05, 3.63) is 42.2 Å². The van der Waals surface area contributed by atoms with Crippen LogP contribution in [0.4, 0.5) is 9.93 Å². The first kappa shape index (κ1) is 20.0. The van der Waals surface area contributed by atoms with Crippen LogP contribution in [0.15, 0.2) is 36.5 Å². The molecule has 2 heterocycles. The number of thiazole rings is 1. The Morgan fingerprint density at radius 1 is 1.17 bits per heavy atom. The third kappa shape index (κ3) is 4.66. The molecule has 2 atom stereocenters. The second-order valence-corrected chi connectivity index (χ2v) is 7.97. The third-order valence-electron chi connectivity index (χ3n) is 4.77. The fraction of sp³-hybridized carbons (Fsp3) is 0.300. The summed E-state index contributed by atoms with van der Waals surface area (Å²) in [7, 11) is 0. The van der Waals surface area contributed by atoms with Gasteiger partial charge in [-0.05, 0) is 31.0 Å². The first-order valence-corrected chi connectivity index (χ1v) is 10.3. The van der Waals surface area contributed by atoms with Gasteiger partial charge in [0.05, 0.1) is 22.4 Å². The minimum absolute atomic E-state index is 0.0189. The second-order valence-electron chi connectivity index (χ2n) is 6.94. The van der Waals surface area contributed by atoms with Crippen molar-refractivity contribution in [3.8, 4) is 11.5 Å². The number of aliphatic hydroxyl groups is 1. The molecule has 2 unspecified atom stereocenters. The first-order valence-electron chi connectivity index (χ1n) is 9.48. The number of pyridine rings is 1. The highest BCUT2D eigenvalue weighted by atomic mass is 32.1. The topological polar surface area (TPSA) is 137 Å². The highest BCUT2D eigenvalue weighted by Gasteiger charge is 2.23. The Morgan fingerprint density at radius 2 is 1.97 bits per heavy atom. The molecule has 1 amide bonds. The van der Waals surface area contributed by atoms with E-state index in [0.717, 1.165) is 41.0 Å². The van der Waals surface area contributed by atoms with Gasteiger partial charge < -0.3 is 25.6 Å². The molecule has 9 nitrogen and oxygen atoms in total. The smallest absolute Gasteiger partial charge is 0.412 e. The normalized spacial score (nSPS) is 18.7. The Kier molecular flexibility index (Phi) is 5.77. The van der Waals surface area contributed by atoms with Crippen molar-refractivity contribution in [1.82, 2.24) is 9.97 Å². The van der Waals surface area contributed by atoms with Gasteiger partial charge in [-0.1, -0.05) is 24.2 Å². The number of carbonyl (C=O) groups excluding carboxylic acids is 2. The van der Waals surface area contributed by atoms with Gasteiger partial charge in [-0.3, -0.25) is 0 Å². The summed E-state index contributed by atoms with van der Waals surface area (Å²) in [5, 5.41) is 14.3. The van der Waals surface area contributed by atoms with Crippen LogP contribution in [0.25, 0.3) is 10.2 Å². The van der Waals surface area contributed by atoms with E-state index in [0.29, 0.717) is 11.5 Å². The Balaban J connectivity index is 1.49. The average Bonchev–Trinajstić information content (AvgIpc) is 3.11. The number of esters is 1. The Labute approximate surface area is 175 Å². The number of rotatable bonds is 5. The Bertz CT molecular complexity index is 1090. The fourth-order valence-electron chi connectivity index (χ4n) is 3.33. The van der Waals surface area contributed by atoms with Gasteiger partial charge in [0.25, 0.3) is 0 Å². The maximum atomic E-state index is 11.8. The lowest BCUT2D eigenvalue weighted by atomic mass is 9.93. The number of hydrogen-bond acceptors (Lipinski definition) is 9. The van der Waals surface area contributed by atoms with E-state index < -0.39 is 12.1 Å². The zero-order chi connectivity index (χ0) is 21.1. The van der Waals surface area contributed by atoms with Gasteiger partial charge in [-0.15, -0.1) is 0 Å². The summed E-state index contributed by atoms with van der Waals surface area (Å²) in [4.78, 5) is 30.9. The quantitative estimate of drug-likeness (QED) is 0.415. The molecule has 30 heavy (non-hydrogen) atoms. The van der Waals surface area contributed by atoms with Gasteiger partial charge >= 0.3 is 12.1 Å². The molecule has 156 valence electrons. The van der Waals surface area contributed by atoms with E-state index in [1.165, 1.54) is 23.6 Å². The lowest BCUT2D eigenvalue weighted by Crippen LogP contribution is -2.36. The van der Waals surface area contributed by atoms with E-state index in [1.807, 2.05) is 12.1 Å². The molecule has 1 fully saturated rings. The number of anilines is 1. The van der Waals surface area contributed by atoms with Crippen LogP contribution in [0.2, 0.25) is 0 Å². The molecule has 1 aliphatic carbocycles. The van der Waals surface area contributed by atoms with E-state index in [1.54, 1.807) is 12.1 Å². The molecule has 0 spiro atoms. The van der Waals surface area contributed by atoms with Crippen molar-refractivity contribution in [2.75, 3.05) is 5.32 Å². The fourth-order valence-corrected chi connectivity index (χ4v) is 4.29. The zero-order valence-electron chi connectivity index (χ0n) is 15.9. The number of nitrogens with one attached hydrogen (secondary N) is 1. The van der Waals surface area contributed by atoms with Gasteiger partial charge in [0, 0.05) is 18.3 Å². The molecule has 1 aromatic carbocycles. The van der Waals surface area contributed by atoms with E-state index in [9.17, 15) is 14.7 Å². The van der Waals surface area contributed by atoms with Crippen LogP contribution in [0.5, 0.6) is 11.5 Å². The minimum atomic E-state index is -1.20. The van der Waals surface area contributed by atoms with Crippen LogP contribution in [0.3, 0.4) is 0 Å². The van der Waals surface area contributed by atoms with Crippen LogP contribution < -0.4 is 15.8 Å². The number of amides is 1. The molecule has 0 bridgehead atoms. The number of nitrogens with zero attached hydrogens (tertiary/aromatic N) is 2. The van der Waals surface area contributed by atoms with Crippen LogP contribution in [0, 0.1) is 0 Å². The van der Waals surface area contributed by atoms with Gasteiger partial charge in [0.1, 0.15) is 11.5 Å². The number of hydrogen-bond donors (Lipinski definition) is 3.